The van der Waals surface area contributed by atoms with Crippen LogP contribution in [0.25, 0.3) is 0 Å². The third-order valence-electron chi connectivity index (χ3n) is 3.98. The molecule has 0 unspecified atom stereocenters. The molecule has 1 aliphatic carbocycles. The number of carbonyl (C=O) groups excluding carboxylic acids is 2. The van der Waals surface area contributed by atoms with Crippen LogP contribution in [0.1, 0.15) is 37.2 Å². The van der Waals surface area contributed by atoms with Crippen LogP contribution in [0.2, 0.25) is 0 Å². The molecule has 1 aliphatic heterocycles. The molecular formula is C16H17NO3. The van der Waals surface area contributed by atoms with Gasteiger partial charge in [-0.15, -0.1) is 0 Å². The molecule has 4 nitrogen and oxygen atoms in total. The Hall–Kier alpha value is -2.10. The van der Waals surface area contributed by atoms with Gasteiger partial charge in [-0.2, -0.15) is 0 Å². The van der Waals surface area contributed by atoms with Crippen LogP contribution in [0.3, 0.4) is 0 Å². The molecule has 0 saturated heterocycles. The summed E-state index contributed by atoms with van der Waals surface area (Å²) in [5.41, 5.74) is 2.59. The van der Waals surface area contributed by atoms with E-state index in [-0.39, 0.29) is 17.6 Å². The lowest BCUT2D eigenvalue weighted by Crippen LogP contribution is -2.36. The number of carbonyl (C=O) groups is 2. The number of hydrogen-bond donors (Lipinski definition) is 1. The molecular weight excluding hydrogens is 254 g/mol. The zero-order valence-corrected chi connectivity index (χ0v) is 11.4. The Balaban J connectivity index is 2.05. The fourth-order valence-corrected chi connectivity index (χ4v) is 3.05. The van der Waals surface area contributed by atoms with E-state index in [0.717, 1.165) is 35.4 Å². The summed E-state index contributed by atoms with van der Waals surface area (Å²) in [6.07, 6.45) is 2.52. The van der Waals surface area contributed by atoms with E-state index in [1.807, 2.05) is 24.3 Å². The van der Waals surface area contributed by atoms with Gasteiger partial charge in [0.25, 0.3) is 0 Å². The van der Waals surface area contributed by atoms with Crippen LogP contribution in [-0.2, 0) is 9.59 Å². The Morgan fingerprint density at radius 3 is 2.90 bits per heavy atom. The maximum Gasteiger partial charge on any atom is 0.225 e. The Morgan fingerprint density at radius 1 is 1.25 bits per heavy atom. The predicted octanol–water partition coefficient (Wildman–Crippen LogP) is 2.31. The number of allylic oxidation sites excluding steroid dienone is 2. The maximum atomic E-state index is 12.2. The maximum absolute atomic E-state index is 12.2. The first-order chi connectivity index (χ1) is 9.69. The summed E-state index contributed by atoms with van der Waals surface area (Å²) in [6.45, 7) is 0. The summed E-state index contributed by atoms with van der Waals surface area (Å²) in [5, 5.41) is 2.87. The fourth-order valence-electron chi connectivity index (χ4n) is 3.05. The number of ether oxygens (including phenoxy) is 1. The minimum absolute atomic E-state index is 0.00808. The molecule has 2 aliphatic rings. The number of amides is 1. The van der Waals surface area contributed by atoms with Crippen LogP contribution in [0.15, 0.2) is 35.5 Å². The third-order valence-corrected chi connectivity index (χ3v) is 3.98. The highest BCUT2D eigenvalue weighted by molar-refractivity contribution is 6.01. The van der Waals surface area contributed by atoms with Crippen molar-refractivity contribution in [1.82, 2.24) is 5.32 Å². The second kappa shape index (κ2) is 5.12. The van der Waals surface area contributed by atoms with Crippen molar-refractivity contribution in [3.05, 3.63) is 41.1 Å². The van der Waals surface area contributed by atoms with Gasteiger partial charge in [0, 0.05) is 30.0 Å². The molecule has 0 fully saturated rings. The van der Waals surface area contributed by atoms with E-state index < -0.39 is 0 Å². The Morgan fingerprint density at radius 2 is 2.10 bits per heavy atom. The van der Waals surface area contributed by atoms with E-state index in [1.54, 1.807) is 7.11 Å². The number of Topliss-reactive ketones (excluding diaryl/α,β-unsaturated/α-hetero) is 1. The molecule has 20 heavy (non-hydrogen) atoms. The normalized spacial score (nSPS) is 22.4. The van der Waals surface area contributed by atoms with E-state index in [9.17, 15) is 9.59 Å². The standard InChI is InChI=1S/C16H17NO3/c1-20-11-5-2-4-10(8-11)12-9-15(19)17-13-6-3-7-14(18)16(12)13/h2,4-5,8,12H,3,6-7,9H2,1H3,(H,17,19)/t12-/m1/s1. The van der Waals surface area contributed by atoms with Crippen molar-refractivity contribution in [3.8, 4) is 5.75 Å². The quantitative estimate of drug-likeness (QED) is 0.898. The second-order valence-electron chi connectivity index (χ2n) is 5.25. The summed E-state index contributed by atoms with van der Waals surface area (Å²) >= 11 is 0. The topological polar surface area (TPSA) is 55.4 Å². The largest absolute Gasteiger partial charge is 0.497 e. The van der Waals surface area contributed by atoms with Gasteiger partial charge in [0.05, 0.1) is 7.11 Å². The molecule has 1 N–H and O–H groups in total. The Bertz CT molecular complexity index is 603. The molecule has 1 heterocycles. The van der Waals surface area contributed by atoms with Crippen molar-refractivity contribution in [1.29, 1.82) is 0 Å². The van der Waals surface area contributed by atoms with Crippen molar-refractivity contribution in [3.63, 3.8) is 0 Å². The zero-order valence-electron chi connectivity index (χ0n) is 11.4. The molecule has 0 saturated carbocycles. The van der Waals surface area contributed by atoms with E-state index in [2.05, 4.69) is 5.32 Å². The number of ketones is 1. The number of methoxy groups -OCH3 is 1. The molecule has 0 spiro atoms. The van der Waals surface area contributed by atoms with Crippen LogP contribution in [0.5, 0.6) is 5.75 Å². The van der Waals surface area contributed by atoms with Gasteiger partial charge >= 0.3 is 0 Å². The molecule has 104 valence electrons. The number of benzene rings is 1. The molecule has 0 bridgehead atoms. The van der Waals surface area contributed by atoms with Crippen molar-refractivity contribution in [2.24, 2.45) is 0 Å². The summed E-state index contributed by atoms with van der Waals surface area (Å²) < 4.78 is 5.23. The van der Waals surface area contributed by atoms with Crippen LogP contribution in [0.4, 0.5) is 0 Å². The van der Waals surface area contributed by atoms with E-state index >= 15 is 0 Å². The minimum atomic E-state index is -0.137. The van der Waals surface area contributed by atoms with E-state index in [0.29, 0.717) is 12.8 Å². The van der Waals surface area contributed by atoms with Gasteiger partial charge in [-0.05, 0) is 30.5 Å². The highest BCUT2D eigenvalue weighted by atomic mass is 16.5. The minimum Gasteiger partial charge on any atom is -0.497 e. The van der Waals surface area contributed by atoms with Crippen LogP contribution >= 0.6 is 0 Å². The molecule has 0 aromatic heterocycles. The van der Waals surface area contributed by atoms with Gasteiger partial charge in [0.1, 0.15) is 5.75 Å². The lowest BCUT2D eigenvalue weighted by Gasteiger charge is -2.31. The summed E-state index contributed by atoms with van der Waals surface area (Å²) in [7, 11) is 1.61. The molecule has 3 rings (SSSR count). The Kier molecular flexibility index (Phi) is 3.30. The first-order valence-electron chi connectivity index (χ1n) is 6.89. The van der Waals surface area contributed by atoms with Gasteiger partial charge in [-0.3, -0.25) is 9.59 Å². The number of rotatable bonds is 2. The Labute approximate surface area is 117 Å². The van der Waals surface area contributed by atoms with Gasteiger partial charge in [-0.1, -0.05) is 12.1 Å². The molecule has 0 radical (unpaired) electrons. The number of nitrogens with one attached hydrogen (secondary N) is 1. The molecule has 1 atom stereocenters. The molecule has 1 aromatic carbocycles. The molecule has 4 heteroatoms. The van der Waals surface area contributed by atoms with E-state index in [1.165, 1.54) is 0 Å². The molecule has 1 amide bonds. The van der Waals surface area contributed by atoms with Gasteiger partial charge in [-0.25, -0.2) is 0 Å². The molecule has 1 aromatic rings. The van der Waals surface area contributed by atoms with Crippen molar-refractivity contribution in [2.75, 3.05) is 7.11 Å². The van der Waals surface area contributed by atoms with Crippen molar-refractivity contribution >= 4 is 11.7 Å². The van der Waals surface area contributed by atoms with Crippen LogP contribution in [-0.4, -0.2) is 18.8 Å². The smallest absolute Gasteiger partial charge is 0.225 e. The van der Waals surface area contributed by atoms with Crippen molar-refractivity contribution in [2.45, 2.75) is 31.6 Å². The van der Waals surface area contributed by atoms with Crippen LogP contribution < -0.4 is 10.1 Å². The van der Waals surface area contributed by atoms with Gasteiger partial charge in [0.15, 0.2) is 5.78 Å². The summed E-state index contributed by atoms with van der Waals surface area (Å²) in [4.78, 5) is 24.1. The monoisotopic (exact) mass is 271 g/mol. The first kappa shape index (κ1) is 12.9. The average Bonchev–Trinajstić information content (AvgIpc) is 2.46. The number of hydrogen-bond acceptors (Lipinski definition) is 3. The van der Waals surface area contributed by atoms with E-state index in [4.69, 9.17) is 4.74 Å². The summed E-state index contributed by atoms with van der Waals surface area (Å²) in [6, 6.07) is 7.63. The summed E-state index contributed by atoms with van der Waals surface area (Å²) in [5.74, 6) is 0.769. The van der Waals surface area contributed by atoms with Crippen LogP contribution in [0, 0.1) is 0 Å². The SMILES string of the molecule is COc1cccc([C@H]2CC(=O)NC3=C2C(=O)CCC3)c1. The third kappa shape index (κ3) is 2.22. The predicted molar refractivity (Wildman–Crippen MR) is 74.4 cm³/mol. The van der Waals surface area contributed by atoms with Crippen molar-refractivity contribution < 1.29 is 14.3 Å². The average molecular weight is 271 g/mol. The lowest BCUT2D eigenvalue weighted by molar-refractivity contribution is -0.122. The first-order valence-corrected chi connectivity index (χ1v) is 6.89. The zero-order chi connectivity index (χ0) is 14.1. The van der Waals surface area contributed by atoms with Gasteiger partial charge < -0.3 is 10.1 Å². The fraction of sp³-hybridized carbons (Fsp3) is 0.375. The second-order valence-corrected chi connectivity index (χ2v) is 5.25. The highest BCUT2D eigenvalue weighted by Crippen LogP contribution is 2.38. The van der Waals surface area contributed by atoms with Gasteiger partial charge in [0.2, 0.25) is 5.91 Å². The lowest BCUT2D eigenvalue weighted by atomic mass is 9.78. The highest BCUT2D eigenvalue weighted by Gasteiger charge is 2.34.